The molecule has 0 aromatic carbocycles. The fourth-order valence-corrected chi connectivity index (χ4v) is 5.02. The Balaban J connectivity index is 1.79. The lowest BCUT2D eigenvalue weighted by Crippen LogP contribution is -2.36. The molecule has 2 atom stereocenters. The fourth-order valence-electron chi connectivity index (χ4n) is 3.74. The van der Waals surface area contributed by atoms with Gasteiger partial charge < -0.3 is 5.32 Å². The second-order valence-electron chi connectivity index (χ2n) is 6.51. The van der Waals surface area contributed by atoms with Crippen molar-refractivity contribution in [2.24, 2.45) is 17.3 Å². The van der Waals surface area contributed by atoms with E-state index in [4.69, 9.17) is 0 Å². The lowest BCUT2D eigenvalue weighted by molar-refractivity contribution is -0.125. The number of anilines is 1. The molecular weight excluding hydrogens is 286 g/mol. The SMILES string of the molecule is CC1(C)C2C(=O)N(c3sc4c(c3C#N)CCNC4)C(=O)C21. The predicted molar refractivity (Wildman–Crippen MR) is 77.7 cm³/mol. The van der Waals surface area contributed by atoms with Crippen LogP contribution in [0.25, 0.3) is 0 Å². The number of nitrogens with zero attached hydrogens (tertiary/aromatic N) is 2. The van der Waals surface area contributed by atoms with Crippen LogP contribution in [-0.4, -0.2) is 18.4 Å². The Morgan fingerprint density at radius 3 is 2.62 bits per heavy atom. The predicted octanol–water partition coefficient (Wildman–Crippen LogP) is 1.41. The molecule has 1 saturated carbocycles. The van der Waals surface area contributed by atoms with Gasteiger partial charge in [-0.1, -0.05) is 13.8 Å². The van der Waals surface area contributed by atoms with Gasteiger partial charge in [0.1, 0.15) is 11.1 Å². The van der Waals surface area contributed by atoms with Gasteiger partial charge in [-0.25, -0.2) is 4.90 Å². The second-order valence-corrected chi connectivity index (χ2v) is 7.59. The van der Waals surface area contributed by atoms with Crippen molar-refractivity contribution in [1.29, 1.82) is 5.26 Å². The number of hydrogen-bond acceptors (Lipinski definition) is 5. The number of imide groups is 1. The van der Waals surface area contributed by atoms with E-state index in [-0.39, 0.29) is 29.1 Å². The van der Waals surface area contributed by atoms with E-state index >= 15 is 0 Å². The van der Waals surface area contributed by atoms with Gasteiger partial charge in [0.2, 0.25) is 11.8 Å². The summed E-state index contributed by atoms with van der Waals surface area (Å²) in [4.78, 5) is 27.4. The highest BCUT2D eigenvalue weighted by Gasteiger charge is 2.73. The topological polar surface area (TPSA) is 73.2 Å². The molecule has 5 nitrogen and oxygen atoms in total. The van der Waals surface area contributed by atoms with Gasteiger partial charge in [-0.3, -0.25) is 9.59 Å². The highest BCUT2D eigenvalue weighted by Crippen LogP contribution is 2.64. The van der Waals surface area contributed by atoms with Crippen molar-refractivity contribution in [1.82, 2.24) is 5.32 Å². The molecule has 2 fully saturated rings. The van der Waals surface area contributed by atoms with Gasteiger partial charge in [-0.2, -0.15) is 5.26 Å². The Kier molecular flexibility index (Phi) is 2.43. The lowest BCUT2D eigenvalue weighted by Gasteiger charge is -2.19. The standard InChI is InChI=1S/C15H15N3O2S/c1-15(2)10-11(15)13(20)18(12(10)19)14-8(5-16)7-3-4-17-6-9(7)21-14/h10-11,17H,3-4,6H2,1-2H3. The Morgan fingerprint density at radius 2 is 2.00 bits per heavy atom. The second kappa shape index (κ2) is 3.93. The van der Waals surface area contributed by atoms with Gasteiger partial charge in [0, 0.05) is 11.4 Å². The number of carbonyl (C=O) groups is 2. The van der Waals surface area contributed by atoms with Crippen LogP contribution < -0.4 is 10.2 Å². The molecular formula is C15H15N3O2S. The number of fused-ring (bicyclic) bond motifs is 2. The summed E-state index contributed by atoms with van der Waals surface area (Å²) >= 11 is 1.41. The molecule has 0 bridgehead atoms. The van der Waals surface area contributed by atoms with E-state index < -0.39 is 0 Å². The van der Waals surface area contributed by atoms with Crippen LogP contribution in [0.2, 0.25) is 0 Å². The van der Waals surface area contributed by atoms with Crippen molar-refractivity contribution < 1.29 is 9.59 Å². The van der Waals surface area contributed by atoms with E-state index in [1.807, 2.05) is 13.8 Å². The van der Waals surface area contributed by atoms with E-state index in [1.54, 1.807) is 0 Å². The molecule has 21 heavy (non-hydrogen) atoms. The van der Waals surface area contributed by atoms with Crippen LogP contribution in [-0.2, 0) is 22.6 Å². The van der Waals surface area contributed by atoms with Gasteiger partial charge in [-0.05, 0) is 23.9 Å². The van der Waals surface area contributed by atoms with Gasteiger partial charge in [0.15, 0.2) is 0 Å². The van der Waals surface area contributed by atoms with Crippen molar-refractivity contribution in [3.63, 3.8) is 0 Å². The third-order valence-electron chi connectivity index (χ3n) is 5.02. The molecule has 1 N–H and O–H groups in total. The minimum Gasteiger partial charge on any atom is -0.312 e. The molecule has 4 rings (SSSR count). The number of hydrogen-bond donors (Lipinski definition) is 1. The summed E-state index contributed by atoms with van der Waals surface area (Å²) in [7, 11) is 0. The highest BCUT2D eigenvalue weighted by atomic mass is 32.1. The van der Waals surface area contributed by atoms with Crippen molar-refractivity contribution in [3.8, 4) is 6.07 Å². The number of piperidine rings is 1. The first-order chi connectivity index (χ1) is 9.98. The average Bonchev–Trinajstić information content (AvgIpc) is 2.74. The zero-order chi connectivity index (χ0) is 14.9. The molecule has 3 heterocycles. The maximum absolute atomic E-state index is 12.5. The fraction of sp³-hybridized carbons (Fsp3) is 0.533. The molecule has 3 aliphatic rings. The first-order valence-electron chi connectivity index (χ1n) is 7.11. The van der Waals surface area contributed by atoms with Crippen LogP contribution >= 0.6 is 11.3 Å². The Hall–Kier alpha value is -1.71. The van der Waals surface area contributed by atoms with Gasteiger partial charge in [0.25, 0.3) is 0 Å². The molecule has 1 aromatic heterocycles. The minimum atomic E-state index is -0.212. The van der Waals surface area contributed by atoms with E-state index in [9.17, 15) is 14.9 Å². The molecule has 1 saturated heterocycles. The van der Waals surface area contributed by atoms with Crippen molar-refractivity contribution >= 4 is 28.2 Å². The van der Waals surface area contributed by atoms with Crippen molar-refractivity contribution in [3.05, 3.63) is 16.0 Å². The smallest absolute Gasteiger partial charge is 0.238 e. The third-order valence-corrected chi connectivity index (χ3v) is 6.24. The van der Waals surface area contributed by atoms with Crippen LogP contribution in [0.15, 0.2) is 0 Å². The average molecular weight is 301 g/mol. The zero-order valence-corrected chi connectivity index (χ0v) is 12.7. The molecule has 0 radical (unpaired) electrons. The Morgan fingerprint density at radius 1 is 1.33 bits per heavy atom. The number of thiophene rings is 1. The van der Waals surface area contributed by atoms with Gasteiger partial charge in [-0.15, -0.1) is 11.3 Å². The van der Waals surface area contributed by atoms with E-state index in [1.165, 1.54) is 16.2 Å². The highest BCUT2D eigenvalue weighted by molar-refractivity contribution is 7.17. The molecule has 1 aromatic rings. The molecule has 2 unspecified atom stereocenters. The monoisotopic (exact) mass is 301 g/mol. The Bertz CT molecular complexity index is 704. The summed E-state index contributed by atoms with van der Waals surface area (Å²) < 4.78 is 0. The minimum absolute atomic E-state index is 0.127. The van der Waals surface area contributed by atoms with Gasteiger partial charge in [0.05, 0.1) is 17.4 Å². The molecule has 2 amide bonds. The summed E-state index contributed by atoms with van der Waals surface area (Å²) in [6, 6.07) is 2.21. The van der Waals surface area contributed by atoms with Crippen LogP contribution in [0.4, 0.5) is 5.00 Å². The van der Waals surface area contributed by atoms with Crippen LogP contribution in [0.1, 0.15) is 29.9 Å². The first-order valence-corrected chi connectivity index (χ1v) is 7.93. The van der Waals surface area contributed by atoms with Crippen molar-refractivity contribution in [2.75, 3.05) is 11.4 Å². The molecule has 0 spiro atoms. The zero-order valence-electron chi connectivity index (χ0n) is 11.9. The number of carbonyl (C=O) groups excluding carboxylic acids is 2. The van der Waals surface area contributed by atoms with Crippen LogP contribution in [0.5, 0.6) is 0 Å². The number of rotatable bonds is 1. The quantitative estimate of drug-likeness (QED) is 0.796. The van der Waals surface area contributed by atoms with Crippen LogP contribution in [0, 0.1) is 28.6 Å². The summed E-state index contributed by atoms with van der Waals surface area (Å²) in [5.41, 5.74) is 1.32. The summed E-state index contributed by atoms with van der Waals surface area (Å²) in [5, 5.41) is 13.3. The third kappa shape index (κ3) is 1.48. The molecule has 6 heteroatoms. The van der Waals surface area contributed by atoms with E-state index in [0.717, 1.165) is 23.4 Å². The van der Waals surface area contributed by atoms with Crippen LogP contribution in [0.3, 0.4) is 0 Å². The summed E-state index contributed by atoms with van der Waals surface area (Å²) in [6.07, 6.45) is 0.781. The summed E-state index contributed by atoms with van der Waals surface area (Å²) in [6.45, 7) is 5.47. The maximum atomic E-state index is 12.5. The normalized spacial score (nSPS) is 29.1. The number of nitrogens with one attached hydrogen (secondary N) is 1. The largest absolute Gasteiger partial charge is 0.312 e. The molecule has 2 aliphatic heterocycles. The molecule has 108 valence electrons. The van der Waals surface area contributed by atoms with E-state index in [0.29, 0.717) is 17.1 Å². The van der Waals surface area contributed by atoms with E-state index in [2.05, 4.69) is 11.4 Å². The first kappa shape index (κ1) is 13.0. The maximum Gasteiger partial charge on any atom is 0.238 e. The number of amides is 2. The van der Waals surface area contributed by atoms with Gasteiger partial charge >= 0.3 is 0 Å². The number of nitriles is 1. The molecule has 1 aliphatic carbocycles. The van der Waals surface area contributed by atoms with Crippen molar-refractivity contribution in [2.45, 2.75) is 26.8 Å². The lowest BCUT2D eigenvalue weighted by atomic mass is 10.0. The Labute approximate surface area is 126 Å². The summed E-state index contributed by atoms with van der Waals surface area (Å²) in [5.74, 6) is -0.654.